The number of alkyl halides is 3. The van der Waals surface area contributed by atoms with Crippen molar-refractivity contribution in [2.75, 3.05) is 0 Å². The molecule has 2 atom stereocenters. The molecule has 3 nitrogen and oxygen atoms in total. The van der Waals surface area contributed by atoms with Crippen LogP contribution in [0, 0.1) is 0 Å². The van der Waals surface area contributed by atoms with Crippen molar-refractivity contribution in [2.24, 2.45) is 5.73 Å². The molecule has 1 rings (SSSR count). The molecule has 17 heavy (non-hydrogen) atoms. The molecule has 0 unspecified atom stereocenters. The van der Waals surface area contributed by atoms with Crippen LogP contribution in [0.25, 0.3) is 0 Å². The lowest BCUT2D eigenvalue weighted by Gasteiger charge is -2.22. The van der Waals surface area contributed by atoms with E-state index in [1.54, 1.807) is 0 Å². The maximum absolute atomic E-state index is 12.2. The lowest BCUT2D eigenvalue weighted by molar-refractivity contribution is -0.210. The number of halogens is 5. The molecule has 0 heterocycles. The summed E-state index contributed by atoms with van der Waals surface area (Å²) in [6.07, 6.45) is -7.54. The maximum Gasteiger partial charge on any atom is 0.416 e. The Hall–Kier alpha value is -0.500. The molecule has 8 heteroatoms. The van der Waals surface area contributed by atoms with Gasteiger partial charge in [0.05, 0.1) is 10.5 Å². The van der Waals surface area contributed by atoms with Crippen LogP contribution < -0.4 is 5.73 Å². The predicted octanol–water partition coefficient (Wildman–Crippen LogP) is 2.50. The average Bonchev–Trinajstić information content (AvgIpc) is 2.18. The van der Waals surface area contributed by atoms with E-state index in [9.17, 15) is 18.3 Å². The van der Waals surface area contributed by atoms with E-state index in [0.717, 1.165) is 0 Å². The van der Waals surface area contributed by atoms with Gasteiger partial charge in [0.1, 0.15) is 5.75 Å². The molecule has 1 aromatic carbocycles. The predicted molar refractivity (Wildman–Crippen MR) is 62.0 cm³/mol. The highest BCUT2D eigenvalue weighted by Gasteiger charge is 2.43. The molecular weight excluding hydrogens is 326 g/mol. The van der Waals surface area contributed by atoms with Gasteiger partial charge in [-0.05, 0) is 22.0 Å². The van der Waals surface area contributed by atoms with E-state index in [-0.39, 0.29) is 22.4 Å². The molecule has 0 saturated carbocycles. The van der Waals surface area contributed by atoms with E-state index >= 15 is 0 Å². The van der Waals surface area contributed by atoms with Crippen molar-refractivity contribution in [3.63, 3.8) is 0 Å². The molecule has 0 fully saturated rings. The summed E-state index contributed by atoms with van der Waals surface area (Å²) in [5.74, 6) is -0.404. The van der Waals surface area contributed by atoms with Crippen LogP contribution in [0.15, 0.2) is 22.7 Å². The summed E-state index contributed by atoms with van der Waals surface area (Å²) in [6, 6.07) is 2.37. The normalized spacial score (nSPS) is 14.9. The smallest absolute Gasteiger partial charge is 0.416 e. The lowest BCUT2D eigenvalue weighted by atomic mass is 10.0. The minimum Gasteiger partial charge on any atom is -0.506 e. The highest BCUT2D eigenvalue weighted by molar-refractivity contribution is 9.10. The zero-order valence-corrected chi connectivity index (χ0v) is 10.7. The molecule has 0 aliphatic carbocycles. The SMILES string of the molecule is Cl.N[C@@H](c1cccc(Br)c1O)[C@H](O)C(F)(F)F. The number of phenolic OH excluding ortho intramolecular Hbond substituents is 1. The van der Waals surface area contributed by atoms with Crippen LogP contribution in [-0.2, 0) is 0 Å². The summed E-state index contributed by atoms with van der Waals surface area (Å²) in [5, 5.41) is 18.4. The Kier molecular flexibility index (Phi) is 5.73. The van der Waals surface area contributed by atoms with Crippen LogP contribution in [0.4, 0.5) is 13.2 Å². The third-order valence-electron chi connectivity index (χ3n) is 2.05. The molecule has 0 aromatic heterocycles. The average molecular weight is 337 g/mol. The van der Waals surface area contributed by atoms with Gasteiger partial charge in [0.25, 0.3) is 0 Å². The Labute approximate surface area is 110 Å². The molecule has 4 N–H and O–H groups in total. The summed E-state index contributed by atoms with van der Waals surface area (Å²) in [5.41, 5.74) is 5.08. The number of nitrogens with two attached hydrogens (primary N) is 1. The number of aliphatic hydroxyl groups excluding tert-OH is 1. The van der Waals surface area contributed by atoms with Crippen molar-refractivity contribution in [1.29, 1.82) is 0 Å². The number of phenols is 1. The standard InChI is InChI=1S/C9H9BrF3NO2.ClH/c10-5-3-1-2-4(7(5)15)6(14)8(16)9(11,12)13;/h1-3,6,8,15-16H,14H2;1H/t6-,8-;/m0./s1. The Morgan fingerprint density at radius 1 is 1.29 bits per heavy atom. The van der Waals surface area contributed by atoms with E-state index in [4.69, 9.17) is 10.8 Å². The molecule has 0 amide bonds. The van der Waals surface area contributed by atoms with E-state index < -0.39 is 24.1 Å². The first-order chi connectivity index (χ1) is 7.25. The van der Waals surface area contributed by atoms with Crippen molar-refractivity contribution in [2.45, 2.75) is 18.3 Å². The van der Waals surface area contributed by atoms with Crippen molar-refractivity contribution < 1.29 is 23.4 Å². The number of aromatic hydroxyl groups is 1. The van der Waals surface area contributed by atoms with Gasteiger partial charge < -0.3 is 15.9 Å². The van der Waals surface area contributed by atoms with Gasteiger partial charge in [-0.25, -0.2) is 0 Å². The van der Waals surface area contributed by atoms with Crippen molar-refractivity contribution in [3.8, 4) is 5.75 Å². The van der Waals surface area contributed by atoms with Gasteiger partial charge in [0, 0.05) is 5.56 Å². The molecule has 0 aliphatic heterocycles. The van der Waals surface area contributed by atoms with Gasteiger partial charge in [-0.15, -0.1) is 12.4 Å². The molecule has 0 spiro atoms. The fourth-order valence-electron chi connectivity index (χ4n) is 1.17. The number of aliphatic hydroxyl groups is 1. The third-order valence-corrected chi connectivity index (χ3v) is 2.69. The maximum atomic E-state index is 12.2. The Morgan fingerprint density at radius 3 is 2.29 bits per heavy atom. The minimum atomic E-state index is -4.83. The Balaban J connectivity index is 0.00000256. The fourth-order valence-corrected chi connectivity index (χ4v) is 1.56. The van der Waals surface area contributed by atoms with Crippen molar-refractivity contribution >= 4 is 28.3 Å². The Bertz CT molecular complexity index is 389. The second-order valence-electron chi connectivity index (χ2n) is 3.19. The van der Waals surface area contributed by atoms with Gasteiger partial charge in [0.2, 0.25) is 0 Å². The number of benzene rings is 1. The molecular formula is C9H10BrClF3NO2. The van der Waals surface area contributed by atoms with Gasteiger partial charge in [-0.3, -0.25) is 0 Å². The Morgan fingerprint density at radius 2 is 1.82 bits per heavy atom. The monoisotopic (exact) mass is 335 g/mol. The van der Waals surface area contributed by atoms with Crippen LogP contribution in [-0.4, -0.2) is 22.5 Å². The second kappa shape index (κ2) is 5.90. The highest BCUT2D eigenvalue weighted by Crippen LogP contribution is 2.35. The topological polar surface area (TPSA) is 66.5 Å². The first-order valence-corrected chi connectivity index (χ1v) is 5.02. The molecule has 0 saturated heterocycles. The highest BCUT2D eigenvalue weighted by atomic mass is 79.9. The van der Waals surface area contributed by atoms with Crippen molar-refractivity contribution in [3.05, 3.63) is 28.2 Å². The molecule has 0 radical (unpaired) electrons. The van der Waals surface area contributed by atoms with Crippen LogP contribution in [0.3, 0.4) is 0 Å². The first-order valence-electron chi connectivity index (χ1n) is 4.23. The quantitative estimate of drug-likeness (QED) is 0.777. The number of rotatable bonds is 2. The fraction of sp³-hybridized carbons (Fsp3) is 0.333. The molecule has 1 aromatic rings. The van der Waals surface area contributed by atoms with E-state index in [1.165, 1.54) is 18.2 Å². The number of para-hydroxylation sites is 1. The zero-order chi connectivity index (χ0) is 12.5. The van der Waals surface area contributed by atoms with Gasteiger partial charge in [0.15, 0.2) is 6.10 Å². The van der Waals surface area contributed by atoms with E-state index in [2.05, 4.69) is 15.9 Å². The number of hydrogen-bond acceptors (Lipinski definition) is 3. The first kappa shape index (κ1) is 16.5. The van der Waals surface area contributed by atoms with E-state index in [0.29, 0.717) is 0 Å². The van der Waals surface area contributed by atoms with Crippen LogP contribution in [0.1, 0.15) is 11.6 Å². The summed E-state index contributed by atoms with van der Waals surface area (Å²) in [7, 11) is 0. The summed E-state index contributed by atoms with van der Waals surface area (Å²) in [6.45, 7) is 0. The summed E-state index contributed by atoms with van der Waals surface area (Å²) < 4.78 is 36.8. The molecule has 0 bridgehead atoms. The van der Waals surface area contributed by atoms with Crippen LogP contribution in [0.5, 0.6) is 5.75 Å². The second-order valence-corrected chi connectivity index (χ2v) is 4.04. The zero-order valence-electron chi connectivity index (χ0n) is 8.28. The van der Waals surface area contributed by atoms with E-state index in [1.807, 2.05) is 0 Å². The van der Waals surface area contributed by atoms with Crippen molar-refractivity contribution in [1.82, 2.24) is 0 Å². The lowest BCUT2D eigenvalue weighted by Crippen LogP contribution is -2.38. The van der Waals surface area contributed by atoms with Gasteiger partial charge >= 0.3 is 6.18 Å². The largest absolute Gasteiger partial charge is 0.506 e. The summed E-state index contributed by atoms with van der Waals surface area (Å²) >= 11 is 2.95. The molecule has 98 valence electrons. The summed E-state index contributed by atoms with van der Waals surface area (Å²) in [4.78, 5) is 0. The van der Waals surface area contributed by atoms with Crippen LogP contribution in [0.2, 0.25) is 0 Å². The van der Waals surface area contributed by atoms with Gasteiger partial charge in [-0.1, -0.05) is 12.1 Å². The third kappa shape index (κ3) is 3.74. The van der Waals surface area contributed by atoms with Gasteiger partial charge in [-0.2, -0.15) is 13.2 Å². The minimum absolute atomic E-state index is 0. The van der Waals surface area contributed by atoms with Crippen LogP contribution >= 0.6 is 28.3 Å². The number of hydrogen-bond donors (Lipinski definition) is 3. The molecule has 0 aliphatic rings.